The zero-order valence-corrected chi connectivity index (χ0v) is 18.6. The smallest absolute Gasteiger partial charge is 0.191 e. The lowest BCUT2D eigenvalue weighted by Gasteiger charge is -2.04. The van der Waals surface area contributed by atoms with E-state index in [-0.39, 0.29) is 0 Å². The molecule has 0 unspecified atom stereocenters. The van der Waals surface area contributed by atoms with Crippen molar-refractivity contribution in [3.63, 3.8) is 0 Å². The third-order valence-electron chi connectivity index (χ3n) is 4.25. The van der Waals surface area contributed by atoms with Crippen molar-refractivity contribution in [3.8, 4) is 23.2 Å². The average Bonchev–Trinajstić information content (AvgIpc) is 3.08. The lowest BCUT2D eigenvalue weighted by atomic mass is 10.1. The highest BCUT2D eigenvalue weighted by molar-refractivity contribution is 9.10. The Morgan fingerprint density at radius 2 is 1.93 bits per heavy atom. The van der Waals surface area contributed by atoms with Crippen LogP contribution in [0.5, 0.6) is 0 Å². The first-order valence-electron chi connectivity index (χ1n) is 9.38. The van der Waals surface area contributed by atoms with Crippen LogP contribution >= 0.6 is 27.7 Å². The molecule has 0 aliphatic heterocycles. The first-order valence-corrected chi connectivity index (χ1v) is 11.2. The van der Waals surface area contributed by atoms with Gasteiger partial charge in [-0.3, -0.25) is 4.98 Å². The molecule has 0 saturated heterocycles. The second-order valence-corrected chi connectivity index (χ2v) is 8.36. The van der Waals surface area contributed by atoms with E-state index < -0.39 is 0 Å². The number of aromatic nitrogens is 4. The molecule has 0 fully saturated rings. The minimum absolute atomic E-state index is 0.806. The molecule has 0 aliphatic rings. The minimum Gasteiger partial charge on any atom is -0.305 e. The molecule has 28 heavy (non-hydrogen) atoms. The summed E-state index contributed by atoms with van der Waals surface area (Å²) >= 11 is 5.14. The molecule has 0 aliphatic carbocycles. The zero-order valence-electron chi connectivity index (χ0n) is 16.2. The SMILES string of the molecule is CCCCCC#Cc1cncc(-c2nnc(SCc3ccc(Br)cc3)n2C)c1. The van der Waals surface area contributed by atoms with Crippen molar-refractivity contribution in [2.45, 2.75) is 43.5 Å². The van der Waals surface area contributed by atoms with Gasteiger partial charge in [-0.1, -0.05) is 71.4 Å². The van der Waals surface area contributed by atoms with E-state index in [1.165, 1.54) is 18.4 Å². The minimum atomic E-state index is 0.806. The van der Waals surface area contributed by atoms with Crippen molar-refractivity contribution in [1.29, 1.82) is 0 Å². The molecular formula is C22H23BrN4S. The molecule has 2 heterocycles. The Hall–Kier alpha value is -2.10. The number of unbranched alkanes of at least 4 members (excludes halogenated alkanes) is 3. The van der Waals surface area contributed by atoms with E-state index in [1.54, 1.807) is 18.0 Å². The molecule has 6 heteroatoms. The Morgan fingerprint density at radius 1 is 1.11 bits per heavy atom. The van der Waals surface area contributed by atoms with Crippen molar-refractivity contribution < 1.29 is 0 Å². The fraction of sp³-hybridized carbons (Fsp3) is 0.318. The summed E-state index contributed by atoms with van der Waals surface area (Å²) in [7, 11) is 1.99. The molecule has 0 saturated carbocycles. The van der Waals surface area contributed by atoms with E-state index in [0.717, 1.165) is 45.2 Å². The second kappa shape index (κ2) is 10.4. The molecule has 2 aromatic heterocycles. The Morgan fingerprint density at radius 3 is 2.71 bits per heavy atom. The number of rotatable bonds is 7. The van der Waals surface area contributed by atoms with Gasteiger partial charge < -0.3 is 4.57 Å². The number of hydrogen-bond donors (Lipinski definition) is 0. The van der Waals surface area contributed by atoms with Crippen LogP contribution in [-0.4, -0.2) is 19.7 Å². The Balaban J connectivity index is 1.69. The zero-order chi connectivity index (χ0) is 19.8. The van der Waals surface area contributed by atoms with Crippen molar-refractivity contribution in [1.82, 2.24) is 19.7 Å². The molecule has 3 aromatic rings. The van der Waals surface area contributed by atoms with Gasteiger partial charge in [-0.25, -0.2) is 0 Å². The normalized spacial score (nSPS) is 10.5. The van der Waals surface area contributed by atoms with E-state index in [9.17, 15) is 0 Å². The standard InChI is InChI=1S/C22H23BrN4S/c1-3-4-5-6-7-8-18-13-19(15-24-14-18)21-25-26-22(27(21)2)28-16-17-9-11-20(23)12-10-17/h9-15H,3-6,16H2,1-2H3. The number of benzene rings is 1. The van der Waals surface area contributed by atoms with Crippen LogP contribution in [0.4, 0.5) is 0 Å². The van der Waals surface area contributed by atoms with Crippen molar-refractivity contribution in [2.75, 3.05) is 0 Å². The predicted octanol–water partition coefficient (Wildman–Crippen LogP) is 5.86. The Kier molecular flexibility index (Phi) is 7.70. The molecular weight excluding hydrogens is 432 g/mol. The molecule has 1 aromatic carbocycles. The maximum Gasteiger partial charge on any atom is 0.191 e. The second-order valence-electron chi connectivity index (χ2n) is 6.50. The molecule has 0 spiro atoms. The maximum atomic E-state index is 4.37. The highest BCUT2D eigenvalue weighted by atomic mass is 79.9. The third kappa shape index (κ3) is 5.70. The van der Waals surface area contributed by atoms with Gasteiger partial charge in [0.2, 0.25) is 0 Å². The van der Waals surface area contributed by atoms with Gasteiger partial charge in [0.1, 0.15) is 0 Å². The van der Waals surface area contributed by atoms with Crippen molar-refractivity contribution in [3.05, 3.63) is 58.3 Å². The third-order valence-corrected chi connectivity index (χ3v) is 5.87. The number of thioether (sulfide) groups is 1. The highest BCUT2D eigenvalue weighted by Crippen LogP contribution is 2.25. The fourth-order valence-electron chi connectivity index (χ4n) is 2.68. The van der Waals surface area contributed by atoms with Gasteiger partial charge in [-0.05, 0) is 30.2 Å². The van der Waals surface area contributed by atoms with E-state index in [2.05, 4.69) is 74.1 Å². The largest absolute Gasteiger partial charge is 0.305 e. The van der Waals surface area contributed by atoms with Gasteiger partial charge in [0, 0.05) is 47.2 Å². The van der Waals surface area contributed by atoms with Gasteiger partial charge in [-0.15, -0.1) is 10.2 Å². The highest BCUT2D eigenvalue weighted by Gasteiger charge is 2.12. The van der Waals surface area contributed by atoms with Gasteiger partial charge in [0.25, 0.3) is 0 Å². The summed E-state index contributed by atoms with van der Waals surface area (Å²) in [5.41, 5.74) is 3.10. The van der Waals surface area contributed by atoms with Crippen molar-refractivity contribution >= 4 is 27.7 Å². The molecule has 0 amide bonds. The quantitative estimate of drug-likeness (QED) is 0.254. The summed E-state index contributed by atoms with van der Waals surface area (Å²) in [5, 5.41) is 9.61. The van der Waals surface area contributed by atoms with Crippen molar-refractivity contribution in [2.24, 2.45) is 7.05 Å². The summed E-state index contributed by atoms with van der Waals surface area (Å²) < 4.78 is 3.10. The van der Waals surface area contributed by atoms with E-state index in [4.69, 9.17) is 0 Å². The molecule has 0 N–H and O–H groups in total. The van der Waals surface area contributed by atoms with Crippen LogP contribution in [0.1, 0.15) is 43.7 Å². The Labute approximate surface area is 179 Å². The van der Waals surface area contributed by atoms with E-state index >= 15 is 0 Å². The topological polar surface area (TPSA) is 43.6 Å². The number of nitrogens with zero attached hydrogens (tertiary/aromatic N) is 4. The first kappa shape index (κ1) is 20.6. The number of halogens is 1. The van der Waals surface area contributed by atoms with Gasteiger partial charge >= 0.3 is 0 Å². The monoisotopic (exact) mass is 454 g/mol. The van der Waals surface area contributed by atoms with Crippen LogP contribution in [-0.2, 0) is 12.8 Å². The lowest BCUT2D eigenvalue weighted by molar-refractivity contribution is 0.737. The van der Waals surface area contributed by atoms with Gasteiger partial charge in [-0.2, -0.15) is 0 Å². The summed E-state index contributed by atoms with van der Waals surface area (Å²) in [6.45, 7) is 2.20. The summed E-state index contributed by atoms with van der Waals surface area (Å²) in [6, 6.07) is 10.4. The fourth-order valence-corrected chi connectivity index (χ4v) is 3.81. The van der Waals surface area contributed by atoms with E-state index in [0.29, 0.717) is 0 Å². The number of hydrogen-bond acceptors (Lipinski definition) is 4. The molecule has 4 nitrogen and oxygen atoms in total. The van der Waals surface area contributed by atoms with Crippen LogP contribution < -0.4 is 0 Å². The van der Waals surface area contributed by atoms with E-state index in [1.807, 2.05) is 23.9 Å². The van der Waals surface area contributed by atoms with Gasteiger partial charge in [0.05, 0.1) is 0 Å². The van der Waals surface area contributed by atoms with Gasteiger partial charge in [0.15, 0.2) is 11.0 Å². The van der Waals surface area contributed by atoms with Crippen LogP contribution in [0.3, 0.4) is 0 Å². The molecule has 3 rings (SSSR count). The van der Waals surface area contributed by atoms with Crippen LogP contribution in [0, 0.1) is 11.8 Å². The van der Waals surface area contributed by atoms with Crippen LogP contribution in [0.25, 0.3) is 11.4 Å². The summed E-state index contributed by atoms with van der Waals surface area (Å²) in [5.74, 6) is 8.10. The summed E-state index contributed by atoms with van der Waals surface area (Å²) in [4.78, 5) is 4.33. The molecule has 0 radical (unpaired) electrons. The van der Waals surface area contributed by atoms with Crippen LogP contribution in [0.2, 0.25) is 0 Å². The van der Waals surface area contributed by atoms with Crippen LogP contribution in [0.15, 0.2) is 52.4 Å². The summed E-state index contributed by atoms with van der Waals surface area (Å²) in [6.07, 6.45) is 8.14. The predicted molar refractivity (Wildman–Crippen MR) is 119 cm³/mol. The first-order chi connectivity index (χ1) is 13.7. The lowest BCUT2D eigenvalue weighted by Crippen LogP contribution is -1.96. The molecule has 144 valence electrons. The number of pyridine rings is 1. The molecule has 0 bridgehead atoms. The maximum absolute atomic E-state index is 4.37. The average molecular weight is 455 g/mol. The Bertz CT molecular complexity index is 970. The molecule has 0 atom stereocenters.